The van der Waals surface area contributed by atoms with E-state index in [-0.39, 0.29) is 0 Å². The van der Waals surface area contributed by atoms with Gasteiger partial charge in [0.05, 0.1) is 29.5 Å². The molecule has 0 amide bonds. The first-order valence-electron chi connectivity index (χ1n) is 10.6. The summed E-state index contributed by atoms with van der Waals surface area (Å²) >= 11 is 1.79. The van der Waals surface area contributed by atoms with E-state index in [0.29, 0.717) is 6.54 Å². The van der Waals surface area contributed by atoms with Crippen LogP contribution in [0.4, 0.5) is 0 Å². The van der Waals surface area contributed by atoms with Gasteiger partial charge in [-0.3, -0.25) is 15.1 Å². The number of benzene rings is 1. The van der Waals surface area contributed by atoms with Gasteiger partial charge in [-0.2, -0.15) is 5.10 Å². The fourth-order valence-corrected chi connectivity index (χ4v) is 5.20. The lowest BCUT2D eigenvalue weighted by atomic mass is 9.97. The maximum Gasteiger partial charge on any atom is 0.116 e. The summed E-state index contributed by atoms with van der Waals surface area (Å²) in [6, 6.07) is 13.0. The molecule has 0 fully saturated rings. The maximum atomic E-state index is 4.66. The predicted molar refractivity (Wildman–Crippen MR) is 134 cm³/mol. The molecular weight excluding hydrogens is 414 g/mol. The number of rotatable bonds is 3. The van der Waals surface area contributed by atoms with E-state index in [1.165, 1.54) is 26.5 Å². The molecule has 0 aliphatic carbocycles. The van der Waals surface area contributed by atoms with Gasteiger partial charge in [0.2, 0.25) is 0 Å². The zero-order chi connectivity index (χ0) is 21.7. The molecule has 6 heteroatoms. The van der Waals surface area contributed by atoms with Crippen molar-refractivity contribution in [3.05, 3.63) is 77.0 Å². The van der Waals surface area contributed by atoms with Gasteiger partial charge in [-0.05, 0) is 67.0 Å². The maximum absolute atomic E-state index is 4.66. The molecule has 32 heavy (non-hydrogen) atoms. The van der Waals surface area contributed by atoms with Crippen molar-refractivity contribution >= 4 is 44.9 Å². The highest BCUT2D eigenvalue weighted by Crippen LogP contribution is 2.37. The molecule has 1 aromatic carbocycles. The monoisotopic (exact) mass is 435 g/mol. The van der Waals surface area contributed by atoms with Crippen molar-refractivity contribution in [1.29, 1.82) is 0 Å². The topological polar surface area (TPSA) is 69.7 Å². The molecule has 156 valence electrons. The zero-order valence-electron chi connectivity index (χ0n) is 17.8. The summed E-state index contributed by atoms with van der Waals surface area (Å²) in [5.41, 5.74) is 8.67. The van der Waals surface area contributed by atoms with E-state index in [0.717, 1.165) is 38.8 Å². The Hall–Kier alpha value is -3.77. The Morgan fingerprint density at radius 3 is 2.78 bits per heavy atom. The molecule has 0 unspecified atom stereocenters. The van der Waals surface area contributed by atoms with Crippen LogP contribution in [0.3, 0.4) is 0 Å². The Morgan fingerprint density at radius 2 is 1.91 bits per heavy atom. The summed E-state index contributed by atoms with van der Waals surface area (Å²) in [6.45, 7) is 4.95. The summed E-state index contributed by atoms with van der Waals surface area (Å²) in [7, 11) is 0. The molecule has 0 radical (unpaired) electrons. The largest absolute Gasteiger partial charge is 0.352 e. The smallest absolute Gasteiger partial charge is 0.116 e. The van der Waals surface area contributed by atoms with Crippen LogP contribution in [0.1, 0.15) is 17.4 Å². The molecule has 5 heterocycles. The van der Waals surface area contributed by atoms with Crippen LogP contribution >= 0.6 is 11.3 Å². The number of hydrogen-bond donors (Lipinski definition) is 2. The minimum Gasteiger partial charge on any atom is -0.352 e. The lowest BCUT2D eigenvalue weighted by Crippen LogP contribution is -1.88. The first-order chi connectivity index (χ1) is 15.7. The van der Waals surface area contributed by atoms with Crippen molar-refractivity contribution in [2.75, 3.05) is 6.54 Å². The number of pyridine rings is 1. The van der Waals surface area contributed by atoms with Crippen molar-refractivity contribution in [3.63, 3.8) is 0 Å². The van der Waals surface area contributed by atoms with Crippen molar-refractivity contribution < 1.29 is 0 Å². The molecule has 1 aliphatic heterocycles. The van der Waals surface area contributed by atoms with Crippen molar-refractivity contribution in [1.82, 2.24) is 20.2 Å². The lowest BCUT2D eigenvalue weighted by Gasteiger charge is -2.07. The van der Waals surface area contributed by atoms with Gasteiger partial charge >= 0.3 is 0 Å². The second-order valence-corrected chi connectivity index (χ2v) is 9.34. The number of allylic oxidation sites excluding steroid dienone is 3. The van der Waals surface area contributed by atoms with Gasteiger partial charge in [0, 0.05) is 38.5 Å². The van der Waals surface area contributed by atoms with Crippen molar-refractivity contribution in [2.24, 2.45) is 4.99 Å². The highest BCUT2D eigenvalue weighted by Gasteiger charge is 2.16. The third kappa shape index (κ3) is 3.11. The van der Waals surface area contributed by atoms with Crippen LogP contribution in [0.2, 0.25) is 0 Å². The van der Waals surface area contributed by atoms with E-state index in [4.69, 9.17) is 0 Å². The molecule has 5 nitrogen and oxygen atoms in total. The summed E-state index contributed by atoms with van der Waals surface area (Å²) < 4.78 is 0. The van der Waals surface area contributed by atoms with Gasteiger partial charge in [-0.25, -0.2) is 0 Å². The van der Waals surface area contributed by atoms with Crippen LogP contribution in [0, 0.1) is 6.92 Å². The van der Waals surface area contributed by atoms with Crippen LogP contribution in [0.5, 0.6) is 0 Å². The van der Waals surface area contributed by atoms with Crippen molar-refractivity contribution in [2.45, 2.75) is 13.8 Å². The van der Waals surface area contributed by atoms with E-state index in [2.05, 4.69) is 87.6 Å². The SMILES string of the molecule is CC1=CC=NCC=C1c1ccc2[nH]nc(-c3cc4c(-c5ccc(C)s5)cncc4[nH]3)c2c1. The number of aromatic amines is 2. The normalized spacial score (nSPS) is 14.1. The van der Waals surface area contributed by atoms with Gasteiger partial charge in [0.25, 0.3) is 0 Å². The minimum atomic E-state index is 0.694. The summed E-state index contributed by atoms with van der Waals surface area (Å²) in [4.78, 5) is 14.9. The van der Waals surface area contributed by atoms with Gasteiger partial charge in [0.1, 0.15) is 5.69 Å². The van der Waals surface area contributed by atoms with Gasteiger partial charge in [0.15, 0.2) is 0 Å². The highest BCUT2D eigenvalue weighted by molar-refractivity contribution is 7.15. The fourth-order valence-electron chi connectivity index (χ4n) is 4.31. The van der Waals surface area contributed by atoms with E-state index in [1.807, 2.05) is 18.6 Å². The number of aromatic nitrogens is 4. The summed E-state index contributed by atoms with van der Waals surface area (Å²) in [5.74, 6) is 0. The van der Waals surface area contributed by atoms with Gasteiger partial charge in [-0.1, -0.05) is 12.1 Å². The third-order valence-electron chi connectivity index (χ3n) is 5.94. The molecule has 0 spiro atoms. The summed E-state index contributed by atoms with van der Waals surface area (Å²) in [6.07, 6.45) is 9.96. The van der Waals surface area contributed by atoms with Crippen LogP contribution < -0.4 is 0 Å². The summed E-state index contributed by atoms with van der Waals surface area (Å²) in [5, 5.41) is 10.1. The molecular formula is C26H21N5S. The van der Waals surface area contributed by atoms with Gasteiger partial charge < -0.3 is 4.98 Å². The standard InChI is InChI=1S/C26H21N5S/c1-15-7-9-27-10-8-18(15)17-4-5-22-20(11-17)26(31-30-22)23-12-19-21(13-28-14-24(19)29-23)25-6-3-16(2)32-25/h3-9,11-14,29H,10H2,1-2H3,(H,30,31). The second kappa shape index (κ2) is 7.43. The molecule has 0 saturated carbocycles. The third-order valence-corrected chi connectivity index (χ3v) is 6.97. The molecule has 5 aromatic rings. The molecule has 0 bridgehead atoms. The Balaban J connectivity index is 1.49. The zero-order valence-corrected chi connectivity index (χ0v) is 18.6. The first kappa shape index (κ1) is 19.0. The number of H-pyrrole nitrogens is 2. The molecule has 6 rings (SSSR count). The van der Waals surface area contributed by atoms with E-state index < -0.39 is 0 Å². The fraction of sp³-hybridized carbons (Fsp3) is 0.115. The Kier molecular flexibility index (Phi) is 4.40. The Labute approximate surface area is 189 Å². The van der Waals surface area contributed by atoms with Gasteiger partial charge in [-0.15, -0.1) is 11.3 Å². The van der Waals surface area contributed by atoms with Crippen molar-refractivity contribution in [3.8, 4) is 21.8 Å². The Bertz CT molecular complexity index is 1570. The Morgan fingerprint density at radius 1 is 0.969 bits per heavy atom. The van der Waals surface area contributed by atoms with E-state index in [1.54, 1.807) is 11.3 Å². The number of nitrogens with zero attached hydrogens (tertiary/aromatic N) is 3. The number of aryl methyl sites for hydroxylation is 1. The average molecular weight is 436 g/mol. The first-order valence-corrected chi connectivity index (χ1v) is 11.4. The molecule has 0 saturated heterocycles. The second-order valence-electron chi connectivity index (χ2n) is 8.06. The quantitative estimate of drug-likeness (QED) is 0.337. The van der Waals surface area contributed by atoms with Crippen LogP contribution in [-0.2, 0) is 0 Å². The average Bonchev–Trinajstić information content (AvgIpc) is 3.49. The molecule has 1 aliphatic rings. The number of hydrogen-bond acceptors (Lipinski definition) is 4. The van der Waals surface area contributed by atoms with E-state index >= 15 is 0 Å². The van der Waals surface area contributed by atoms with Crippen LogP contribution in [0.15, 0.2) is 71.5 Å². The van der Waals surface area contributed by atoms with Crippen LogP contribution in [-0.4, -0.2) is 32.9 Å². The number of thiophene rings is 1. The van der Waals surface area contributed by atoms with E-state index in [9.17, 15) is 0 Å². The number of fused-ring (bicyclic) bond motifs is 2. The molecule has 2 N–H and O–H groups in total. The van der Waals surface area contributed by atoms with Crippen LogP contribution in [0.25, 0.3) is 49.2 Å². The lowest BCUT2D eigenvalue weighted by molar-refractivity contribution is 1.12. The number of nitrogens with one attached hydrogen (secondary N) is 2. The highest BCUT2D eigenvalue weighted by atomic mass is 32.1. The predicted octanol–water partition coefficient (Wildman–Crippen LogP) is 6.56. The number of aliphatic imine (C=N–C) groups is 1. The minimum absolute atomic E-state index is 0.694. The molecule has 0 atom stereocenters. The molecule has 4 aromatic heterocycles.